The summed E-state index contributed by atoms with van der Waals surface area (Å²) in [6, 6.07) is 5.07. The Morgan fingerprint density at radius 3 is 2.22 bits per heavy atom. The molecule has 0 spiro atoms. The molecule has 1 N–H and O–H groups in total. The van der Waals surface area contributed by atoms with Gasteiger partial charge >= 0.3 is 6.18 Å². The van der Waals surface area contributed by atoms with E-state index in [0.29, 0.717) is 0 Å². The predicted molar refractivity (Wildman–Crippen MR) is 63.1 cm³/mol. The van der Waals surface area contributed by atoms with E-state index in [1.54, 1.807) is 13.2 Å². The van der Waals surface area contributed by atoms with Crippen LogP contribution in [0.4, 0.5) is 13.2 Å². The maximum Gasteiger partial charge on any atom is 0.416 e. The van der Waals surface area contributed by atoms with Crippen molar-refractivity contribution < 1.29 is 17.9 Å². The molecule has 18 heavy (non-hydrogen) atoms. The number of halogens is 3. The van der Waals surface area contributed by atoms with E-state index in [1.807, 2.05) is 6.08 Å². The van der Waals surface area contributed by atoms with Gasteiger partial charge in [0.25, 0.3) is 0 Å². The fourth-order valence-corrected chi connectivity index (χ4v) is 1.73. The summed E-state index contributed by atoms with van der Waals surface area (Å²) in [4.78, 5) is 0. The Bertz CT molecular complexity index is 427. The second-order valence-corrected chi connectivity index (χ2v) is 4.33. The lowest BCUT2D eigenvalue weighted by molar-refractivity contribution is -0.137. The van der Waals surface area contributed by atoms with E-state index < -0.39 is 11.7 Å². The van der Waals surface area contributed by atoms with Gasteiger partial charge < -0.3 is 10.1 Å². The Labute approximate surface area is 103 Å². The molecule has 1 aliphatic heterocycles. The maximum atomic E-state index is 12.4. The monoisotopic (exact) mass is 257 g/mol. The minimum absolute atomic E-state index is 0.317. The van der Waals surface area contributed by atoms with Crippen LogP contribution in [0, 0.1) is 0 Å². The molecule has 0 unspecified atom stereocenters. The second kappa shape index (κ2) is 4.74. The third-order valence-electron chi connectivity index (χ3n) is 3.07. The summed E-state index contributed by atoms with van der Waals surface area (Å²) in [7, 11) is 1.62. The molecule has 1 aliphatic rings. The maximum absolute atomic E-state index is 12.4. The van der Waals surface area contributed by atoms with E-state index in [1.165, 1.54) is 12.1 Å². The van der Waals surface area contributed by atoms with E-state index in [2.05, 4.69) is 5.32 Å². The minimum atomic E-state index is -4.28. The Kier molecular flexibility index (Phi) is 3.45. The molecular formula is C13H14F3NO. The topological polar surface area (TPSA) is 21.3 Å². The fraction of sp³-hybridized carbons (Fsp3) is 0.385. The summed E-state index contributed by atoms with van der Waals surface area (Å²) >= 11 is 0. The molecule has 0 radical (unpaired) electrons. The number of hydrogen-bond donors (Lipinski definition) is 1. The summed E-state index contributed by atoms with van der Waals surface area (Å²) in [6.45, 7) is 1.45. The molecule has 0 amide bonds. The molecule has 0 aromatic heterocycles. The zero-order valence-electron chi connectivity index (χ0n) is 9.92. The smallest absolute Gasteiger partial charge is 0.371 e. The number of methoxy groups -OCH3 is 1. The van der Waals surface area contributed by atoms with Crippen molar-refractivity contribution in [2.24, 2.45) is 0 Å². The molecule has 1 aromatic rings. The van der Waals surface area contributed by atoms with Gasteiger partial charge in [0.15, 0.2) is 0 Å². The standard InChI is InChI=1S/C13H14F3NO/c1-18-12(8-17-9-12)7-6-10-2-4-11(5-3-10)13(14,15)16/h2-7,17H,8-9H2,1H3. The van der Waals surface area contributed by atoms with Crippen molar-refractivity contribution in [1.29, 1.82) is 0 Å². The van der Waals surface area contributed by atoms with E-state index >= 15 is 0 Å². The van der Waals surface area contributed by atoms with Crippen molar-refractivity contribution in [3.05, 3.63) is 41.5 Å². The predicted octanol–water partition coefficient (Wildman–Crippen LogP) is 2.71. The van der Waals surface area contributed by atoms with Crippen LogP contribution in [0.2, 0.25) is 0 Å². The van der Waals surface area contributed by atoms with Gasteiger partial charge in [-0.3, -0.25) is 0 Å². The molecule has 1 saturated heterocycles. The number of ether oxygens (including phenoxy) is 1. The van der Waals surface area contributed by atoms with E-state index in [9.17, 15) is 13.2 Å². The molecule has 0 bridgehead atoms. The highest BCUT2D eigenvalue weighted by Gasteiger charge is 2.34. The van der Waals surface area contributed by atoms with E-state index in [0.717, 1.165) is 30.8 Å². The van der Waals surface area contributed by atoms with Crippen LogP contribution in [0.25, 0.3) is 6.08 Å². The molecule has 0 atom stereocenters. The minimum Gasteiger partial charge on any atom is -0.371 e. The first-order valence-electron chi connectivity index (χ1n) is 5.58. The van der Waals surface area contributed by atoms with Gasteiger partial charge in [-0.15, -0.1) is 0 Å². The van der Waals surface area contributed by atoms with Crippen LogP contribution in [0.15, 0.2) is 30.3 Å². The van der Waals surface area contributed by atoms with Gasteiger partial charge in [-0.05, 0) is 23.8 Å². The van der Waals surface area contributed by atoms with Crippen LogP contribution < -0.4 is 5.32 Å². The van der Waals surface area contributed by atoms with Crippen LogP contribution in [0.5, 0.6) is 0 Å². The second-order valence-electron chi connectivity index (χ2n) is 4.33. The summed E-state index contributed by atoms with van der Waals surface area (Å²) in [6.07, 6.45) is -0.621. The lowest BCUT2D eigenvalue weighted by Crippen LogP contribution is -2.59. The molecule has 1 aromatic carbocycles. The van der Waals surface area contributed by atoms with Gasteiger partial charge in [0.1, 0.15) is 5.60 Å². The average Bonchev–Trinajstić information content (AvgIpc) is 2.28. The summed E-state index contributed by atoms with van der Waals surface area (Å²) in [5.74, 6) is 0. The first-order chi connectivity index (χ1) is 8.45. The normalized spacial score (nSPS) is 18.9. The highest BCUT2D eigenvalue weighted by atomic mass is 19.4. The number of hydrogen-bond acceptors (Lipinski definition) is 2. The Hall–Kier alpha value is -1.33. The quantitative estimate of drug-likeness (QED) is 0.899. The van der Waals surface area contributed by atoms with E-state index in [4.69, 9.17) is 4.74 Å². The molecule has 0 saturated carbocycles. The Morgan fingerprint density at radius 2 is 1.83 bits per heavy atom. The third-order valence-corrected chi connectivity index (χ3v) is 3.07. The zero-order valence-corrected chi connectivity index (χ0v) is 9.92. The first kappa shape index (κ1) is 13.1. The number of rotatable bonds is 3. The number of alkyl halides is 3. The molecule has 5 heteroatoms. The van der Waals surface area contributed by atoms with E-state index in [-0.39, 0.29) is 5.60 Å². The molecule has 2 rings (SSSR count). The van der Waals surface area contributed by atoms with Crippen molar-refractivity contribution in [2.75, 3.05) is 20.2 Å². The number of nitrogens with one attached hydrogen (secondary N) is 1. The third kappa shape index (κ3) is 2.73. The van der Waals surface area contributed by atoms with Gasteiger partial charge in [-0.25, -0.2) is 0 Å². The van der Waals surface area contributed by atoms with Crippen LogP contribution >= 0.6 is 0 Å². The molecule has 0 aliphatic carbocycles. The molecule has 98 valence electrons. The van der Waals surface area contributed by atoms with Crippen molar-refractivity contribution in [3.63, 3.8) is 0 Å². The highest BCUT2D eigenvalue weighted by Crippen LogP contribution is 2.29. The first-order valence-corrected chi connectivity index (χ1v) is 5.58. The molecular weight excluding hydrogens is 243 g/mol. The van der Waals surface area contributed by atoms with Crippen molar-refractivity contribution in [1.82, 2.24) is 5.32 Å². The van der Waals surface area contributed by atoms with Crippen molar-refractivity contribution >= 4 is 6.08 Å². The van der Waals surface area contributed by atoms with Crippen molar-refractivity contribution in [2.45, 2.75) is 11.8 Å². The van der Waals surface area contributed by atoms with Crippen LogP contribution in [0.3, 0.4) is 0 Å². The average molecular weight is 257 g/mol. The molecule has 1 heterocycles. The lowest BCUT2D eigenvalue weighted by atomic mass is 9.95. The van der Waals surface area contributed by atoms with Gasteiger partial charge in [0, 0.05) is 20.2 Å². The Morgan fingerprint density at radius 1 is 1.22 bits per heavy atom. The zero-order chi connectivity index (χ0) is 13.2. The van der Waals surface area contributed by atoms with Crippen LogP contribution in [0.1, 0.15) is 11.1 Å². The SMILES string of the molecule is COC1(C=Cc2ccc(C(F)(F)F)cc2)CNC1. The number of benzene rings is 1. The summed E-state index contributed by atoms with van der Waals surface area (Å²) in [5, 5.41) is 3.09. The largest absolute Gasteiger partial charge is 0.416 e. The van der Waals surface area contributed by atoms with Gasteiger partial charge in [-0.2, -0.15) is 13.2 Å². The summed E-state index contributed by atoms with van der Waals surface area (Å²) in [5.41, 5.74) is -0.222. The molecule has 2 nitrogen and oxygen atoms in total. The molecule has 1 fully saturated rings. The van der Waals surface area contributed by atoms with Gasteiger partial charge in [0.2, 0.25) is 0 Å². The highest BCUT2D eigenvalue weighted by molar-refractivity contribution is 5.52. The Balaban J connectivity index is 2.09. The fourth-order valence-electron chi connectivity index (χ4n) is 1.73. The van der Waals surface area contributed by atoms with Crippen molar-refractivity contribution in [3.8, 4) is 0 Å². The van der Waals surface area contributed by atoms with Crippen LogP contribution in [-0.4, -0.2) is 25.8 Å². The lowest BCUT2D eigenvalue weighted by Gasteiger charge is -2.38. The summed E-state index contributed by atoms with van der Waals surface area (Å²) < 4.78 is 42.4. The van der Waals surface area contributed by atoms with Crippen LogP contribution in [-0.2, 0) is 10.9 Å². The van der Waals surface area contributed by atoms with Gasteiger partial charge in [0.05, 0.1) is 5.56 Å². The van der Waals surface area contributed by atoms with Gasteiger partial charge in [-0.1, -0.05) is 18.2 Å².